The van der Waals surface area contributed by atoms with Gasteiger partial charge >= 0.3 is 6.16 Å². The van der Waals surface area contributed by atoms with Gasteiger partial charge in [-0.15, -0.1) is 0 Å². The summed E-state index contributed by atoms with van der Waals surface area (Å²) in [6, 6.07) is 4.43. The first kappa shape index (κ1) is 17.9. The van der Waals surface area contributed by atoms with Crippen molar-refractivity contribution >= 4 is 18.2 Å². The number of aldehydes is 1. The molecule has 0 aliphatic carbocycles. The number of methoxy groups -OCH3 is 1. The van der Waals surface area contributed by atoms with Crippen LogP contribution in [0.4, 0.5) is 4.79 Å². The van der Waals surface area contributed by atoms with E-state index < -0.39 is 6.16 Å². The molecule has 0 aliphatic heterocycles. The maximum atomic E-state index is 12.1. The number of carbonyl (C=O) groups excluding carboxylic acids is 3. The van der Waals surface area contributed by atoms with Crippen LogP contribution < -0.4 is 4.74 Å². The molecule has 0 saturated heterocycles. The van der Waals surface area contributed by atoms with Crippen molar-refractivity contribution in [3.8, 4) is 5.75 Å². The van der Waals surface area contributed by atoms with Gasteiger partial charge in [-0.2, -0.15) is 0 Å². The van der Waals surface area contributed by atoms with Gasteiger partial charge in [-0.3, -0.25) is 9.59 Å². The number of unbranched alkanes of at least 4 members (excludes halogenated alkanes) is 4. The summed E-state index contributed by atoms with van der Waals surface area (Å²) in [5.41, 5.74) is 0.608. The number of hydrogen-bond donors (Lipinski definition) is 0. The molecule has 0 bridgehead atoms. The maximum Gasteiger partial charge on any atom is 0.513 e. The van der Waals surface area contributed by atoms with E-state index in [-0.39, 0.29) is 17.1 Å². The quantitative estimate of drug-likeness (QED) is 0.225. The Morgan fingerprint density at radius 1 is 1.14 bits per heavy atom. The summed E-state index contributed by atoms with van der Waals surface area (Å²) in [5, 5.41) is 0. The fourth-order valence-corrected chi connectivity index (χ4v) is 2.07. The van der Waals surface area contributed by atoms with E-state index in [9.17, 15) is 14.4 Å². The van der Waals surface area contributed by atoms with Crippen LogP contribution in [0, 0.1) is 0 Å². The van der Waals surface area contributed by atoms with Crippen molar-refractivity contribution < 1.29 is 23.9 Å². The van der Waals surface area contributed by atoms with Crippen LogP contribution in [0.15, 0.2) is 18.2 Å². The van der Waals surface area contributed by atoms with E-state index in [4.69, 9.17) is 4.74 Å². The third-order valence-corrected chi connectivity index (χ3v) is 3.33. The van der Waals surface area contributed by atoms with Gasteiger partial charge in [0.25, 0.3) is 0 Å². The Morgan fingerprint density at radius 3 is 2.50 bits per heavy atom. The molecule has 1 rings (SSSR count). The van der Waals surface area contributed by atoms with Crippen molar-refractivity contribution in [1.29, 1.82) is 0 Å². The molecule has 1 aromatic rings. The van der Waals surface area contributed by atoms with E-state index in [0.717, 1.165) is 25.7 Å². The molecule has 0 N–H and O–H groups in total. The second-order valence-electron chi connectivity index (χ2n) is 5.01. The summed E-state index contributed by atoms with van der Waals surface area (Å²) in [6.07, 6.45) is 5.46. The lowest BCUT2D eigenvalue weighted by molar-refractivity contribution is 0.0979. The Labute approximate surface area is 130 Å². The van der Waals surface area contributed by atoms with E-state index in [2.05, 4.69) is 11.7 Å². The number of ether oxygens (including phenoxy) is 2. The molecule has 0 radical (unpaired) electrons. The maximum absolute atomic E-state index is 12.1. The summed E-state index contributed by atoms with van der Waals surface area (Å²) < 4.78 is 9.21. The Kier molecular flexibility index (Phi) is 7.89. The molecule has 5 nitrogen and oxygen atoms in total. The van der Waals surface area contributed by atoms with E-state index in [1.54, 1.807) is 6.07 Å². The number of rotatable bonds is 9. The zero-order valence-electron chi connectivity index (χ0n) is 13.1. The van der Waals surface area contributed by atoms with Crippen LogP contribution in [0.5, 0.6) is 5.75 Å². The smallest absolute Gasteiger partial charge is 0.437 e. The standard InChI is InChI=1S/C17H22O5/c1-3-4-5-6-7-8-15(19)13-9-10-16(14(11-13)12-18)22-17(20)21-2/h9-12H,3-8H2,1-2H3. The first-order chi connectivity index (χ1) is 10.6. The molecule has 22 heavy (non-hydrogen) atoms. The number of ketones is 1. The van der Waals surface area contributed by atoms with Crippen molar-refractivity contribution in [1.82, 2.24) is 0 Å². The average Bonchev–Trinajstić information content (AvgIpc) is 2.54. The minimum absolute atomic E-state index is 0.00998. The lowest BCUT2D eigenvalue weighted by Gasteiger charge is -2.07. The molecule has 0 heterocycles. The third-order valence-electron chi connectivity index (χ3n) is 3.33. The predicted molar refractivity (Wildman–Crippen MR) is 82.6 cm³/mol. The predicted octanol–water partition coefficient (Wildman–Crippen LogP) is 4.19. The molecule has 5 heteroatoms. The first-order valence-electron chi connectivity index (χ1n) is 7.50. The van der Waals surface area contributed by atoms with E-state index in [1.807, 2.05) is 0 Å². The SMILES string of the molecule is CCCCCCCC(=O)c1ccc(OC(=O)OC)c(C=O)c1. The van der Waals surface area contributed by atoms with Gasteiger partial charge in [0.05, 0.1) is 12.7 Å². The number of Topliss-reactive ketones (excluding diaryl/α,β-unsaturated/α-hetero) is 1. The van der Waals surface area contributed by atoms with Gasteiger partial charge in [-0.1, -0.05) is 32.6 Å². The Balaban J connectivity index is 2.65. The average molecular weight is 306 g/mol. The monoisotopic (exact) mass is 306 g/mol. The van der Waals surface area contributed by atoms with Crippen LogP contribution in [0.25, 0.3) is 0 Å². The van der Waals surface area contributed by atoms with Crippen molar-refractivity contribution in [2.45, 2.75) is 45.4 Å². The molecule has 0 aromatic heterocycles. The number of carbonyl (C=O) groups is 3. The largest absolute Gasteiger partial charge is 0.513 e. The fourth-order valence-electron chi connectivity index (χ4n) is 2.07. The highest BCUT2D eigenvalue weighted by Gasteiger charge is 2.13. The first-order valence-corrected chi connectivity index (χ1v) is 7.50. The molecule has 1 aromatic carbocycles. The van der Waals surface area contributed by atoms with Crippen LogP contribution in [0.2, 0.25) is 0 Å². The molecule has 120 valence electrons. The molecule has 0 unspecified atom stereocenters. The minimum Gasteiger partial charge on any atom is -0.437 e. The summed E-state index contributed by atoms with van der Waals surface area (Å²) in [7, 11) is 1.18. The molecular formula is C17H22O5. The minimum atomic E-state index is -0.905. The lowest BCUT2D eigenvalue weighted by Crippen LogP contribution is -2.09. The zero-order valence-corrected chi connectivity index (χ0v) is 13.1. The van der Waals surface area contributed by atoms with Gasteiger partial charge in [-0.25, -0.2) is 4.79 Å². The van der Waals surface area contributed by atoms with E-state index in [0.29, 0.717) is 18.3 Å². The highest BCUT2D eigenvalue weighted by molar-refractivity contribution is 5.98. The van der Waals surface area contributed by atoms with Crippen LogP contribution in [0.1, 0.15) is 66.2 Å². The highest BCUT2D eigenvalue weighted by atomic mass is 16.7. The second kappa shape index (κ2) is 9.71. The topological polar surface area (TPSA) is 69.7 Å². The molecule has 0 fully saturated rings. The Hall–Kier alpha value is -2.17. The Bertz CT molecular complexity index is 522. The second-order valence-corrected chi connectivity index (χ2v) is 5.01. The van der Waals surface area contributed by atoms with E-state index >= 15 is 0 Å². The summed E-state index contributed by atoms with van der Waals surface area (Å²) in [6.45, 7) is 2.14. The van der Waals surface area contributed by atoms with Crippen molar-refractivity contribution in [2.24, 2.45) is 0 Å². The van der Waals surface area contributed by atoms with Crippen molar-refractivity contribution in [3.63, 3.8) is 0 Å². The van der Waals surface area contributed by atoms with Crippen molar-refractivity contribution in [3.05, 3.63) is 29.3 Å². The summed E-state index contributed by atoms with van der Waals surface area (Å²) >= 11 is 0. The fraction of sp³-hybridized carbons (Fsp3) is 0.471. The summed E-state index contributed by atoms with van der Waals surface area (Å²) in [5.74, 6) is 0.0746. The van der Waals surface area contributed by atoms with Gasteiger partial charge in [0.15, 0.2) is 12.1 Å². The zero-order chi connectivity index (χ0) is 16.4. The van der Waals surface area contributed by atoms with Gasteiger partial charge in [0.1, 0.15) is 5.75 Å². The third kappa shape index (κ3) is 5.68. The van der Waals surface area contributed by atoms with E-state index in [1.165, 1.54) is 25.7 Å². The van der Waals surface area contributed by atoms with Crippen LogP contribution in [-0.4, -0.2) is 25.3 Å². The van der Waals surface area contributed by atoms with Crippen LogP contribution >= 0.6 is 0 Å². The molecular weight excluding hydrogens is 284 g/mol. The lowest BCUT2D eigenvalue weighted by atomic mass is 10.0. The highest BCUT2D eigenvalue weighted by Crippen LogP contribution is 2.20. The molecule has 0 aliphatic rings. The number of benzene rings is 1. The number of hydrogen-bond acceptors (Lipinski definition) is 5. The molecule has 0 saturated carbocycles. The van der Waals surface area contributed by atoms with Gasteiger partial charge in [-0.05, 0) is 24.6 Å². The summed E-state index contributed by atoms with van der Waals surface area (Å²) in [4.78, 5) is 34.2. The molecule has 0 amide bonds. The van der Waals surface area contributed by atoms with Crippen LogP contribution in [0.3, 0.4) is 0 Å². The van der Waals surface area contributed by atoms with Gasteiger partial charge in [0, 0.05) is 12.0 Å². The molecule has 0 atom stereocenters. The van der Waals surface area contributed by atoms with Gasteiger partial charge in [0.2, 0.25) is 0 Å². The van der Waals surface area contributed by atoms with Gasteiger partial charge < -0.3 is 9.47 Å². The Morgan fingerprint density at radius 2 is 1.86 bits per heavy atom. The normalized spacial score (nSPS) is 10.1. The van der Waals surface area contributed by atoms with Crippen LogP contribution in [-0.2, 0) is 4.74 Å². The molecule has 0 spiro atoms. The van der Waals surface area contributed by atoms with Crippen molar-refractivity contribution in [2.75, 3.05) is 7.11 Å².